The zero-order chi connectivity index (χ0) is 13.3. The molecule has 0 aromatic carbocycles. The average molecular weight is 261 g/mol. The number of piperidine rings is 1. The highest BCUT2D eigenvalue weighted by molar-refractivity contribution is 5.47. The van der Waals surface area contributed by atoms with Crippen LogP contribution in [0, 0.1) is 0 Å². The Bertz CT molecular complexity index is 553. The van der Waals surface area contributed by atoms with E-state index in [0.717, 1.165) is 43.9 Å². The van der Waals surface area contributed by atoms with Crippen LogP contribution < -0.4 is 5.32 Å². The molecule has 1 saturated heterocycles. The van der Waals surface area contributed by atoms with E-state index in [1.807, 2.05) is 11.6 Å². The van der Waals surface area contributed by atoms with E-state index in [1.165, 1.54) is 0 Å². The van der Waals surface area contributed by atoms with Crippen molar-refractivity contribution in [2.45, 2.75) is 31.6 Å². The quantitative estimate of drug-likeness (QED) is 0.906. The van der Waals surface area contributed by atoms with Crippen LogP contribution in [0.1, 0.15) is 32.1 Å². The van der Waals surface area contributed by atoms with E-state index in [9.17, 15) is 0 Å². The van der Waals surface area contributed by atoms with Crippen molar-refractivity contribution in [3.63, 3.8) is 0 Å². The van der Waals surface area contributed by atoms with Crippen LogP contribution in [-0.4, -0.2) is 32.8 Å². The summed E-state index contributed by atoms with van der Waals surface area (Å²) < 4.78 is 7.45. The molecule has 0 aliphatic carbocycles. The monoisotopic (exact) mass is 261 g/mol. The first-order valence-corrected chi connectivity index (χ1v) is 6.77. The minimum Gasteiger partial charge on any atom is -0.338 e. The fraction of sp³-hybridized carbons (Fsp3) is 0.615. The van der Waals surface area contributed by atoms with Gasteiger partial charge in [-0.25, -0.2) is 4.98 Å². The van der Waals surface area contributed by atoms with Crippen molar-refractivity contribution in [2.24, 2.45) is 7.05 Å². The molecule has 0 radical (unpaired) electrons. The highest BCUT2D eigenvalue weighted by atomic mass is 16.5. The summed E-state index contributed by atoms with van der Waals surface area (Å²) in [5.41, 5.74) is 0.921. The number of imidazole rings is 1. The van der Waals surface area contributed by atoms with Gasteiger partial charge < -0.3 is 14.4 Å². The Kier molecular flexibility index (Phi) is 3.10. The predicted octanol–water partition coefficient (Wildman–Crippen LogP) is 1.50. The molecule has 6 heteroatoms. The zero-order valence-electron chi connectivity index (χ0n) is 11.4. The molecule has 1 aliphatic heterocycles. The summed E-state index contributed by atoms with van der Waals surface area (Å²) in [5.74, 6) is 1.40. The Hall–Kier alpha value is -1.69. The highest BCUT2D eigenvalue weighted by Crippen LogP contribution is 2.36. The van der Waals surface area contributed by atoms with E-state index in [0.29, 0.717) is 5.82 Å². The minimum absolute atomic E-state index is 0.0368. The third-order valence-electron chi connectivity index (χ3n) is 4.16. The summed E-state index contributed by atoms with van der Waals surface area (Å²) in [6.45, 7) is 4.22. The molecule has 19 heavy (non-hydrogen) atoms. The first-order valence-electron chi connectivity index (χ1n) is 6.77. The molecular weight excluding hydrogens is 242 g/mol. The number of rotatable bonds is 3. The van der Waals surface area contributed by atoms with Crippen LogP contribution in [0.2, 0.25) is 0 Å². The van der Waals surface area contributed by atoms with Crippen molar-refractivity contribution in [2.75, 3.05) is 13.1 Å². The lowest BCUT2D eigenvalue weighted by atomic mass is 9.76. The summed E-state index contributed by atoms with van der Waals surface area (Å²) >= 11 is 0. The van der Waals surface area contributed by atoms with Gasteiger partial charge in [-0.1, -0.05) is 12.1 Å². The van der Waals surface area contributed by atoms with Crippen LogP contribution in [0.4, 0.5) is 0 Å². The van der Waals surface area contributed by atoms with Gasteiger partial charge in [-0.15, -0.1) is 0 Å². The normalized spacial score (nSPS) is 18.6. The molecule has 102 valence electrons. The van der Waals surface area contributed by atoms with Gasteiger partial charge in [-0.05, 0) is 32.4 Å². The Morgan fingerprint density at radius 3 is 2.84 bits per heavy atom. The van der Waals surface area contributed by atoms with Gasteiger partial charge >= 0.3 is 0 Å². The van der Waals surface area contributed by atoms with Gasteiger partial charge in [0.25, 0.3) is 0 Å². The van der Waals surface area contributed by atoms with Crippen LogP contribution >= 0.6 is 0 Å². The molecule has 2 aromatic heterocycles. The van der Waals surface area contributed by atoms with E-state index >= 15 is 0 Å². The van der Waals surface area contributed by atoms with E-state index in [1.54, 1.807) is 12.5 Å². The van der Waals surface area contributed by atoms with Crippen molar-refractivity contribution in [3.05, 3.63) is 18.4 Å². The first-order chi connectivity index (χ1) is 9.25. The number of hydrogen-bond acceptors (Lipinski definition) is 5. The molecule has 2 aromatic rings. The molecule has 1 aliphatic rings. The van der Waals surface area contributed by atoms with Gasteiger partial charge in [0.05, 0.1) is 17.9 Å². The molecule has 0 bridgehead atoms. The number of aryl methyl sites for hydroxylation is 1. The SMILES string of the molecule is CCC1(c2nc(-c3cncn3C)no2)CCNCC1. The molecule has 1 N–H and O–H groups in total. The zero-order valence-corrected chi connectivity index (χ0v) is 11.4. The van der Waals surface area contributed by atoms with E-state index in [-0.39, 0.29) is 5.41 Å². The molecule has 1 fully saturated rings. The second-order valence-corrected chi connectivity index (χ2v) is 5.20. The summed E-state index contributed by atoms with van der Waals surface area (Å²) in [4.78, 5) is 8.70. The standard InChI is InChI=1S/C13H19N5O/c1-3-13(4-6-14-7-5-13)12-16-11(17-19-12)10-8-15-9-18(10)2/h8-9,14H,3-7H2,1-2H3. The van der Waals surface area contributed by atoms with Gasteiger partial charge in [0.15, 0.2) is 0 Å². The van der Waals surface area contributed by atoms with Crippen molar-refractivity contribution in [1.82, 2.24) is 25.0 Å². The predicted molar refractivity (Wildman–Crippen MR) is 70.6 cm³/mol. The highest BCUT2D eigenvalue weighted by Gasteiger charge is 2.37. The van der Waals surface area contributed by atoms with Crippen LogP contribution in [0.15, 0.2) is 17.0 Å². The smallest absolute Gasteiger partial charge is 0.233 e. The maximum atomic E-state index is 5.55. The summed E-state index contributed by atoms with van der Waals surface area (Å²) in [7, 11) is 1.93. The van der Waals surface area contributed by atoms with Gasteiger partial charge in [0.2, 0.25) is 11.7 Å². The Morgan fingerprint density at radius 1 is 1.42 bits per heavy atom. The first kappa shape index (κ1) is 12.3. The van der Waals surface area contributed by atoms with Crippen LogP contribution in [0.5, 0.6) is 0 Å². The fourth-order valence-corrected chi connectivity index (χ4v) is 2.74. The van der Waals surface area contributed by atoms with Gasteiger partial charge in [0, 0.05) is 7.05 Å². The average Bonchev–Trinajstić information content (AvgIpc) is 3.08. The Labute approximate surface area is 112 Å². The van der Waals surface area contributed by atoms with Crippen molar-refractivity contribution in [1.29, 1.82) is 0 Å². The summed E-state index contributed by atoms with van der Waals surface area (Å²) in [5, 5.41) is 7.50. The topological polar surface area (TPSA) is 68.8 Å². The molecule has 3 heterocycles. The fourth-order valence-electron chi connectivity index (χ4n) is 2.74. The Morgan fingerprint density at radius 2 is 2.21 bits per heavy atom. The van der Waals surface area contributed by atoms with Crippen molar-refractivity contribution >= 4 is 0 Å². The largest absolute Gasteiger partial charge is 0.338 e. The van der Waals surface area contributed by atoms with E-state index < -0.39 is 0 Å². The minimum atomic E-state index is 0.0368. The van der Waals surface area contributed by atoms with Crippen molar-refractivity contribution in [3.8, 4) is 11.5 Å². The maximum Gasteiger partial charge on any atom is 0.233 e. The summed E-state index contributed by atoms with van der Waals surface area (Å²) in [6, 6.07) is 0. The molecule has 0 amide bonds. The molecule has 0 saturated carbocycles. The van der Waals surface area contributed by atoms with Gasteiger partial charge in [-0.3, -0.25) is 0 Å². The van der Waals surface area contributed by atoms with Gasteiger partial charge in [-0.2, -0.15) is 4.98 Å². The lowest BCUT2D eigenvalue weighted by molar-refractivity contribution is 0.216. The third-order valence-corrected chi connectivity index (χ3v) is 4.16. The number of nitrogens with zero attached hydrogens (tertiary/aromatic N) is 4. The second-order valence-electron chi connectivity index (χ2n) is 5.20. The summed E-state index contributed by atoms with van der Waals surface area (Å²) in [6.07, 6.45) is 6.63. The van der Waals surface area contributed by atoms with Gasteiger partial charge in [0.1, 0.15) is 5.69 Å². The van der Waals surface area contributed by atoms with Crippen LogP contribution in [0.25, 0.3) is 11.5 Å². The lowest BCUT2D eigenvalue weighted by Gasteiger charge is -2.33. The molecule has 0 unspecified atom stereocenters. The number of nitrogens with one attached hydrogen (secondary N) is 1. The van der Waals surface area contributed by atoms with Crippen LogP contribution in [0.3, 0.4) is 0 Å². The second kappa shape index (κ2) is 4.77. The van der Waals surface area contributed by atoms with Crippen LogP contribution in [-0.2, 0) is 12.5 Å². The van der Waals surface area contributed by atoms with E-state index in [2.05, 4.69) is 27.4 Å². The van der Waals surface area contributed by atoms with Crippen molar-refractivity contribution < 1.29 is 4.52 Å². The maximum absolute atomic E-state index is 5.55. The third kappa shape index (κ3) is 2.06. The molecule has 0 spiro atoms. The molecule has 3 rings (SSSR count). The molecule has 0 atom stereocenters. The lowest BCUT2D eigenvalue weighted by Crippen LogP contribution is -2.39. The number of aromatic nitrogens is 4. The Balaban J connectivity index is 1.94. The molecule has 6 nitrogen and oxygen atoms in total. The molecular formula is C13H19N5O. The van der Waals surface area contributed by atoms with E-state index in [4.69, 9.17) is 4.52 Å². The number of hydrogen-bond donors (Lipinski definition) is 1.